The molecule has 6 atom stereocenters. The molecule has 1 saturated heterocycles. The molecule has 0 amide bonds. The van der Waals surface area contributed by atoms with Crippen LogP contribution in [0.2, 0.25) is 0 Å². The number of aryl methyl sites for hydroxylation is 1. The fourth-order valence-electron chi connectivity index (χ4n) is 6.14. The zero-order valence-electron chi connectivity index (χ0n) is 21.0. The van der Waals surface area contributed by atoms with Crippen molar-refractivity contribution in [1.82, 2.24) is 9.97 Å². The molecular weight excluding hydrogens is 474 g/mol. The topological polar surface area (TPSA) is 72.3 Å². The van der Waals surface area contributed by atoms with Gasteiger partial charge in [-0.3, -0.25) is 14.8 Å². The van der Waals surface area contributed by atoms with Crippen LogP contribution in [0.5, 0.6) is 0 Å². The summed E-state index contributed by atoms with van der Waals surface area (Å²) < 4.78 is 36.6. The van der Waals surface area contributed by atoms with Crippen LogP contribution in [0.15, 0.2) is 73.1 Å². The minimum absolute atomic E-state index is 0.181. The molecule has 5 rings (SSSR count). The minimum atomic E-state index is -3.20. The van der Waals surface area contributed by atoms with Crippen LogP contribution in [0.4, 0.5) is 8.78 Å². The molecule has 2 fully saturated rings. The average molecular weight is 505 g/mol. The summed E-state index contributed by atoms with van der Waals surface area (Å²) in [7, 11) is 0. The van der Waals surface area contributed by atoms with Crippen molar-refractivity contribution in [3.05, 3.63) is 90.0 Å². The largest absolute Gasteiger partial charge is 0.462 e. The number of halogens is 2. The highest BCUT2D eigenvalue weighted by molar-refractivity contribution is 5.81. The average Bonchev–Trinajstić information content (AvgIpc) is 3.14. The number of ether oxygens (including phenoxy) is 1. The zero-order valence-corrected chi connectivity index (χ0v) is 21.0. The van der Waals surface area contributed by atoms with Gasteiger partial charge in [0.1, 0.15) is 17.6 Å². The number of alkyl halides is 2. The lowest BCUT2D eigenvalue weighted by Gasteiger charge is -2.49. The molecule has 3 aromatic rings. The molecule has 0 radical (unpaired) electrons. The van der Waals surface area contributed by atoms with Gasteiger partial charge in [-0.05, 0) is 55.2 Å². The molecule has 0 bridgehead atoms. The molecule has 1 aliphatic carbocycles. The summed E-state index contributed by atoms with van der Waals surface area (Å²) in [5, 5.41) is 11.3. The van der Waals surface area contributed by atoms with E-state index >= 15 is 8.78 Å². The number of allylic oxidation sites excluding steroid dienone is 1. The maximum atomic E-state index is 15.5. The van der Waals surface area contributed by atoms with Gasteiger partial charge < -0.3 is 9.84 Å². The molecule has 1 saturated carbocycles. The van der Waals surface area contributed by atoms with Crippen LogP contribution in [0.25, 0.3) is 17.2 Å². The molecule has 7 heteroatoms. The first-order valence-electron chi connectivity index (χ1n) is 12.5. The Bertz CT molecular complexity index is 1310. The van der Waals surface area contributed by atoms with Crippen molar-refractivity contribution in [3.63, 3.8) is 0 Å². The van der Waals surface area contributed by atoms with Crippen LogP contribution >= 0.6 is 0 Å². The van der Waals surface area contributed by atoms with Gasteiger partial charge in [0.2, 0.25) is 0 Å². The van der Waals surface area contributed by atoms with Crippen molar-refractivity contribution < 1.29 is 23.4 Å². The van der Waals surface area contributed by atoms with E-state index in [9.17, 15) is 9.90 Å². The molecule has 1 N–H and O–H groups in total. The van der Waals surface area contributed by atoms with Gasteiger partial charge in [-0.25, -0.2) is 8.78 Å². The standard InChI is InChI=1S/C30H30F2N2O3/c1-18-8-4-5-9-23(18)21-11-12-22(34-16-21)13-14-24-19(2)30(31,32)17-29(26(24)20(3)37-28(29)36)27(35)25-10-6-7-15-33-25/h4-16,19-20,24,26-27,35H,17H2,1-3H3/b14-13+/t19-,20+,24-,26-,27?,29+/m0/s1. The number of fused-ring (bicyclic) bond motifs is 1. The highest BCUT2D eigenvalue weighted by atomic mass is 19.3. The van der Waals surface area contributed by atoms with E-state index < -0.39 is 53.7 Å². The number of esters is 1. The Balaban J connectivity index is 1.50. The van der Waals surface area contributed by atoms with Crippen LogP contribution in [0.1, 0.15) is 43.3 Å². The number of cyclic esters (lactones) is 1. The zero-order chi connectivity index (χ0) is 26.4. The van der Waals surface area contributed by atoms with E-state index in [1.807, 2.05) is 43.3 Å². The van der Waals surface area contributed by atoms with E-state index in [0.717, 1.165) is 16.7 Å². The Morgan fingerprint density at radius 2 is 1.84 bits per heavy atom. The molecule has 2 aromatic heterocycles. The third-order valence-corrected chi connectivity index (χ3v) is 8.15. The molecule has 192 valence electrons. The molecular formula is C30H30F2N2O3. The molecule has 1 aromatic carbocycles. The fraction of sp³-hybridized carbons (Fsp3) is 0.367. The molecule has 3 heterocycles. The lowest BCUT2D eigenvalue weighted by molar-refractivity contribution is -0.192. The monoisotopic (exact) mass is 504 g/mol. The number of aromatic nitrogens is 2. The Morgan fingerprint density at radius 3 is 2.51 bits per heavy atom. The number of hydrogen-bond donors (Lipinski definition) is 1. The predicted molar refractivity (Wildman–Crippen MR) is 136 cm³/mol. The summed E-state index contributed by atoms with van der Waals surface area (Å²) in [6, 6.07) is 16.7. The number of benzene rings is 1. The lowest BCUT2D eigenvalue weighted by Crippen LogP contribution is -2.56. The molecule has 37 heavy (non-hydrogen) atoms. The first-order valence-corrected chi connectivity index (χ1v) is 12.5. The third kappa shape index (κ3) is 4.25. The molecule has 5 nitrogen and oxygen atoms in total. The van der Waals surface area contributed by atoms with Gasteiger partial charge in [0.05, 0.1) is 11.4 Å². The van der Waals surface area contributed by atoms with Crippen LogP contribution in [0, 0.1) is 30.1 Å². The van der Waals surface area contributed by atoms with Gasteiger partial charge in [-0.15, -0.1) is 0 Å². The van der Waals surface area contributed by atoms with Crippen LogP contribution in [-0.2, 0) is 9.53 Å². The summed E-state index contributed by atoms with van der Waals surface area (Å²) in [6.45, 7) is 5.24. The number of carbonyl (C=O) groups excluding carboxylic acids is 1. The maximum Gasteiger partial charge on any atom is 0.316 e. The van der Waals surface area contributed by atoms with E-state index in [-0.39, 0.29) is 5.69 Å². The number of nitrogens with zero attached hydrogens (tertiary/aromatic N) is 2. The summed E-state index contributed by atoms with van der Waals surface area (Å²) in [5.74, 6) is -6.46. The van der Waals surface area contributed by atoms with Crippen molar-refractivity contribution in [2.45, 2.75) is 45.3 Å². The Kier molecular flexibility index (Phi) is 6.44. The van der Waals surface area contributed by atoms with Crippen molar-refractivity contribution in [3.8, 4) is 11.1 Å². The molecule has 2 aliphatic rings. The smallest absolute Gasteiger partial charge is 0.316 e. The second-order valence-corrected chi connectivity index (χ2v) is 10.3. The second-order valence-electron chi connectivity index (χ2n) is 10.3. The van der Waals surface area contributed by atoms with Crippen molar-refractivity contribution in [2.24, 2.45) is 23.2 Å². The Labute approximate surface area is 215 Å². The van der Waals surface area contributed by atoms with E-state index in [1.165, 1.54) is 13.1 Å². The number of rotatable bonds is 5. The van der Waals surface area contributed by atoms with Crippen LogP contribution in [-0.4, -0.2) is 33.1 Å². The summed E-state index contributed by atoms with van der Waals surface area (Å²) in [6.07, 6.45) is 3.71. The van der Waals surface area contributed by atoms with Gasteiger partial charge in [0.25, 0.3) is 5.92 Å². The van der Waals surface area contributed by atoms with Crippen LogP contribution < -0.4 is 0 Å². The Morgan fingerprint density at radius 1 is 1.08 bits per heavy atom. The number of aliphatic hydroxyl groups excluding tert-OH is 1. The molecule has 0 spiro atoms. The summed E-state index contributed by atoms with van der Waals surface area (Å²) >= 11 is 0. The maximum absolute atomic E-state index is 15.5. The lowest BCUT2D eigenvalue weighted by atomic mass is 9.54. The minimum Gasteiger partial charge on any atom is -0.462 e. The van der Waals surface area contributed by atoms with Gasteiger partial charge >= 0.3 is 5.97 Å². The second kappa shape index (κ2) is 9.45. The number of hydrogen-bond acceptors (Lipinski definition) is 5. The highest BCUT2D eigenvalue weighted by Gasteiger charge is 2.70. The van der Waals surface area contributed by atoms with Crippen molar-refractivity contribution in [2.75, 3.05) is 0 Å². The van der Waals surface area contributed by atoms with E-state index in [1.54, 1.807) is 43.5 Å². The normalized spacial score (nSPS) is 29.6. The molecule has 1 unspecified atom stereocenters. The summed E-state index contributed by atoms with van der Waals surface area (Å²) in [4.78, 5) is 21.9. The van der Waals surface area contributed by atoms with E-state index in [2.05, 4.69) is 9.97 Å². The summed E-state index contributed by atoms with van der Waals surface area (Å²) in [5.41, 5.74) is 2.17. The Hall–Kier alpha value is -3.45. The predicted octanol–water partition coefficient (Wildman–Crippen LogP) is 6.04. The number of pyridine rings is 2. The van der Waals surface area contributed by atoms with Crippen LogP contribution in [0.3, 0.4) is 0 Å². The van der Waals surface area contributed by atoms with E-state index in [4.69, 9.17) is 4.74 Å². The van der Waals surface area contributed by atoms with E-state index in [0.29, 0.717) is 5.69 Å². The van der Waals surface area contributed by atoms with Gasteiger partial charge in [-0.2, -0.15) is 0 Å². The first kappa shape index (κ1) is 25.2. The third-order valence-electron chi connectivity index (χ3n) is 8.15. The molecule has 1 aliphatic heterocycles. The highest BCUT2D eigenvalue weighted by Crippen LogP contribution is 2.63. The van der Waals surface area contributed by atoms with Gasteiger partial charge in [-0.1, -0.05) is 49.4 Å². The number of aliphatic hydroxyl groups is 1. The van der Waals surface area contributed by atoms with Crippen molar-refractivity contribution >= 4 is 12.0 Å². The first-order chi connectivity index (χ1) is 17.6. The van der Waals surface area contributed by atoms with Crippen molar-refractivity contribution in [1.29, 1.82) is 0 Å². The fourth-order valence-corrected chi connectivity index (χ4v) is 6.14. The van der Waals surface area contributed by atoms with Gasteiger partial charge in [0.15, 0.2) is 0 Å². The SMILES string of the molecule is Cc1ccccc1-c1ccc(/C=C/[C@@H]2[C@@H]3[C@@H](C)OC(=O)[C@]3(C(O)c3ccccn3)CC(F)(F)[C@H]2C)nc1. The number of carbonyl (C=O) groups is 1. The quantitative estimate of drug-likeness (QED) is 0.429. The van der Waals surface area contributed by atoms with Gasteiger partial charge in [0, 0.05) is 36.2 Å².